The molecule has 27 heavy (non-hydrogen) atoms. The van der Waals surface area contributed by atoms with E-state index < -0.39 is 0 Å². The second kappa shape index (κ2) is 7.97. The minimum atomic E-state index is -0.358. The zero-order valence-corrected chi connectivity index (χ0v) is 14.9. The van der Waals surface area contributed by atoms with Gasteiger partial charge in [0.25, 0.3) is 5.91 Å². The molecule has 3 rings (SSSR count). The van der Waals surface area contributed by atoms with Gasteiger partial charge in [0.15, 0.2) is 0 Å². The molecule has 1 aromatic heterocycles. The van der Waals surface area contributed by atoms with Gasteiger partial charge in [-0.3, -0.25) is 4.79 Å². The Bertz CT molecular complexity index is 992. The number of carbonyl (C=O) groups excluding carboxylic acids is 1. The van der Waals surface area contributed by atoms with Crippen LogP contribution in [0.25, 0.3) is 0 Å². The number of hydrogen-bond donors (Lipinski definition) is 2. The monoisotopic (exact) mass is 359 g/mol. The van der Waals surface area contributed by atoms with Crippen molar-refractivity contribution in [1.82, 2.24) is 9.97 Å². The lowest BCUT2D eigenvalue weighted by atomic mass is 10.2. The first-order chi connectivity index (χ1) is 13.1. The Hall–Kier alpha value is -3.92. The van der Waals surface area contributed by atoms with Crippen LogP contribution in [0.3, 0.4) is 0 Å². The fourth-order valence-corrected chi connectivity index (χ4v) is 2.39. The van der Waals surface area contributed by atoms with Crippen LogP contribution in [0.4, 0.5) is 17.2 Å². The molecule has 0 bridgehead atoms. The van der Waals surface area contributed by atoms with Crippen LogP contribution >= 0.6 is 0 Å². The van der Waals surface area contributed by atoms with Crippen LogP contribution in [0.1, 0.15) is 21.9 Å². The zero-order chi connectivity index (χ0) is 19.2. The molecule has 3 aromatic rings. The number of anilines is 3. The molecule has 0 unspecified atom stereocenters. The number of rotatable bonds is 5. The minimum Gasteiger partial charge on any atom is -0.497 e. The second-order valence-electron chi connectivity index (χ2n) is 5.68. The first-order valence-corrected chi connectivity index (χ1v) is 8.15. The summed E-state index contributed by atoms with van der Waals surface area (Å²) in [5, 5.41) is 14.7. The predicted octanol–water partition coefficient (Wildman–Crippen LogP) is 3.66. The standard InChI is InChI=1S/C20H17N5O2/c1-13-22-18(20(26)25-16-5-3-14(12-21)4-6-16)11-19(23-13)24-15-7-9-17(27-2)10-8-15/h3-11H,1-2H3,(H,25,26)(H,22,23,24). The number of nitrogens with one attached hydrogen (secondary N) is 2. The van der Waals surface area contributed by atoms with Crippen LogP contribution in [-0.4, -0.2) is 23.0 Å². The lowest BCUT2D eigenvalue weighted by Gasteiger charge is -2.10. The fraction of sp³-hybridized carbons (Fsp3) is 0.100. The summed E-state index contributed by atoms with van der Waals surface area (Å²) < 4.78 is 5.14. The summed E-state index contributed by atoms with van der Waals surface area (Å²) in [4.78, 5) is 21.0. The first kappa shape index (κ1) is 17.9. The fourth-order valence-electron chi connectivity index (χ4n) is 2.39. The van der Waals surface area contributed by atoms with Gasteiger partial charge in [-0.1, -0.05) is 0 Å². The number of nitrogens with zero attached hydrogens (tertiary/aromatic N) is 3. The van der Waals surface area contributed by atoms with E-state index in [9.17, 15) is 4.79 Å². The predicted molar refractivity (Wildman–Crippen MR) is 102 cm³/mol. The molecule has 0 aliphatic heterocycles. The second-order valence-corrected chi connectivity index (χ2v) is 5.68. The molecule has 7 nitrogen and oxygen atoms in total. The third-order valence-corrected chi connectivity index (χ3v) is 3.70. The Morgan fingerprint density at radius 2 is 1.70 bits per heavy atom. The summed E-state index contributed by atoms with van der Waals surface area (Å²) in [6.07, 6.45) is 0. The molecular formula is C20H17N5O2. The van der Waals surface area contributed by atoms with Crippen molar-refractivity contribution in [3.8, 4) is 11.8 Å². The van der Waals surface area contributed by atoms with Crippen LogP contribution in [0, 0.1) is 18.3 Å². The van der Waals surface area contributed by atoms with E-state index in [2.05, 4.69) is 20.6 Å². The molecule has 1 amide bonds. The zero-order valence-electron chi connectivity index (χ0n) is 14.9. The third kappa shape index (κ3) is 4.58. The first-order valence-electron chi connectivity index (χ1n) is 8.15. The molecular weight excluding hydrogens is 342 g/mol. The molecule has 0 aliphatic rings. The van der Waals surface area contributed by atoms with Gasteiger partial charge in [0.2, 0.25) is 0 Å². The quantitative estimate of drug-likeness (QED) is 0.721. The van der Waals surface area contributed by atoms with E-state index in [1.54, 1.807) is 44.4 Å². The van der Waals surface area contributed by atoms with E-state index in [-0.39, 0.29) is 11.6 Å². The van der Waals surface area contributed by atoms with Gasteiger partial charge in [-0.2, -0.15) is 5.26 Å². The van der Waals surface area contributed by atoms with Crippen LogP contribution < -0.4 is 15.4 Å². The summed E-state index contributed by atoms with van der Waals surface area (Å²) >= 11 is 0. The molecule has 2 N–H and O–H groups in total. The van der Waals surface area contributed by atoms with E-state index in [4.69, 9.17) is 10.00 Å². The van der Waals surface area contributed by atoms with E-state index in [0.29, 0.717) is 22.9 Å². The van der Waals surface area contributed by atoms with Crippen LogP contribution in [0.2, 0.25) is 0 Å². The highest BCUT2D eigenvalue weighted by Crippen LogP contribution is 2.19. The van der Waals surface area contributed by atoms with E-state index >= 15 is 0 Å². The maximum atomic E-state index is 12.5. The maximum absolute atomic E-state index is 12.5. The van der Waals surface area contributed by atoms with Gasteiger partial charge in [0, 0.05) is 17.4 Å². The van der Waals surface area contributed by atoms with Crippen molar-refractivity contribution in [2.45, 2.75) is 6.92 Å². The Morgan fingerprint density at radius 1 is 1.04 bits per heavy atom. The number of carbonyl (C=O) groups is 1. The highest BCUT2D eigenvalue weighted by molar-refractivity contribution is 6.03. The lowest BCUT2D eigenvalue weighted by molar-refractivity contribution is 0.102. The topological polar surface area (TPSA) is 99.9 Å². The molecule has 0 aliphatic carbocycles. The van der Waals surface area contributed by atoms with Gasteiger partial charge in [0.05, 0.1) is 18.7 Å². The number of aromatic nitrogens is 2. The molecule has 0 spiro atoms. The third-order valence-electron chi connectivity index (χ3n) is 3.70. The summed E-state index contributed by atoms with van der Waals surface area (Å²) in [6.45, 7) is 1.72. The summed E-state index contributed by atoms with van der Waals surface area (Å²) in [5.74, 6) is 1.38. The molecule has 1 heterocycles. The van der Waals surface area contributed by atoms with E-state index in [1.165, 1.54) is 0 Å². The molecule has 2 aromatic carbocycles. The Balaban J connectivity index is 1.76. The van der Waals surface area contributed by atoms with Crippen molar-refractivity contribution < 1.29 is 9.53 Å². The maximum Gasteiger partial charge on any atom is 0.274 e. The Morgan fingerprint density at radius 3 is 2.33 bits per heavy atom. The Kier molecular flexibility index (Phi) is 5.28. The van der Waals surface area contributed by atoms with Crippen molar-refractivity contribution in [2.24, 2.45) is 0 Å². The molecule has 0 radical (unpaired) electrons. The highest BCUT2D eigenvalue weighted by atomic mass is 16.5. The van der Waals surface area contributed by atoms with Crippen molar-refractivity contribution in [3.63, 3.8) is 0 Å². The number of methoxy groups -OCH3 is 1. The van der Waals surface area contributed by atoms with Crippen molar-refractivity contribution >= 4 is 23.1 Å². The average Bonchev–Trinajstić information content (AvgIpc) is 2.68. The molecule has 0 saturated carbocycles. The largest absolute Gasteiger partial charge is 0.497 e. The van der Waals surface area contributed by atoms with Gasteiger partial charge >= 0.3 is 0 Å². The number of amides is 1. The smallest absolute Gasteiger partial charge is 0.274 e. The lowest BCUT2D eigenvalue weighted by Crippen LogP contribution is -2.15. The number of hydrogen-bond acceptors (Lipinski definition) is 6. The van der Waals surface area contributed by atoms with Crippen molar-refractivity contribution in [3.05, 3.63) is 71.7 Å². The summed E-state index contributed by atoms with van der Waals surface area (Å²) in [7, 11) is 1.61. The number of aryl methyl sites for hydroxylation is 1. The average molecular weight is 359 g/mol. The minimum absolute atomic E-state index is 0.239. The van der Waals surface area contributed by atoms with Crippen molar-refractivity contribution in [1.29, 1.82) is 5.26 Å². The number of ether oxygens (including phenoxy) is 1. The number of benzene rings is 2. The molecule has 7 heteroatoms. The normalized spacial score (nSPS) is 9.96. The van der Waals surface area contributed by atoms with Gasteiger partial charge < -0.3 is 15.4 Å². The van der Waals surface area contributed by atoms with Gasteiger partial charge in [-0.15, -0.1) is 0 Å². The van der Waals surface area contributed by atoms with Crippen molar-refractivity contribution in [2.75, 3.05) is 17.7 Å². The molecule has 0 atom stereocenters. The molecule has 0 fully saturated rings. The van der Waals surface area contributed by atoms with Gasteiger partial charge in [-0.05, 0) is 55.5 Å². The molecule has 0 saturated heterocycles. The van der Waals surface area contributed by atoms with Gasteiger partial charge in [0.1, 0.15) is 23.1 Å². The van der Waals surface area contributed by atoms with E-state index in [1.807, 2.05) is 30.3 Å². The Labute approximate surface area is 156 Å². The molecule has 134 valence electrons. The van der Waals surface area contributed by atoms with Crippen LogP contribution in [-0.2, 0) is 0 Å². The summed E-state index contributed by atoms with van der Waals surface area (Å²) in [5.41, 5.74) is 2.16. The SMILES string of the molecule is COc1ccc(Nc2cc(C(=O)Nc3ccc(C#N)cc3)nc(C)n2)cc1. The summed E-state index contributed by atoms with van der Waals surface area (Å²) in [6, 6.07) is 17.6. The number of nitriles is 1. The van der Waals surface area contributed by atoms with Crippen LogP contribution in [0.5, 0.6) is 5.75 Å². The van der Waals surface area contributed by atoms with Crippen LogP contribution in [0.15, 0.2) is 54.6 Å². The van der Waals surface area contributed by atoms with Gasteiger partial charge in [-0.25, -0.2) is 9.97 Å². The highest BCUT2D eigenvalue weighted by Gasteiger charge is 2.11. The van der Waals surface area contributed by atoms with E-state index in [0.717, 1.165) is 11.4 Å².